The predicted octanol–water partition coefficient (Wildman–Crippen LogP) is 2.29. The number of benzene rings is 1. The van der Waals surface area contributed by atoms with Crippen LogP contribution in [0.25, 0.3) is 11.4 Å². The number of hydrogen-bond acceptors (Lipinski definition) is 5. The largest absolute Gasteiger partial charge is 0.469 e. The van der Waals surface area contributed by atoms with Crippen LogP contribution in [-0.4, -0.2) is 39.5 Å². The lowest BCUT2D eigenvalue weighted by molar-refractivity contribution is -0.901. The molecule has 0 atom stereocenters. The predicted molar refractivity (Wildman–Crippen MR) is 113 cm³/mol. The molecule has 0 saturated carbocycles. The molecule has 0 unspecified atom stereocenters. The minimum absolute atomic E-state index is 0.0584. The maximum atomic E-state index is 12.3. The Bertz CT molecular complexity index is 973. The quantitative estimate of drug-likeness (QED) is 0.582. The molecule has 1 saturated heterocycles. The van der Waals surface area contributed by atoms with E-state index in [0.717, 1.165) is 29.4 Å². The Kier molecular flexibility index (Phi) is 6.01. The van der Waals surface area contributed by atoms with Crippen LogP contribution in [0.5, 0.6) is 0 Å². The number of carbonyl (C=O) groups is 1. The molecule has 1 fully saturated rings. The Morgan fingerprint density at radius 3 is 2.66 bits per heavy atom. The number of carbonyl (C=O) groups excluding carboxylic acids is 1. The first-order chi connectivity index (χ1) is 14.1. The second-order valence-corrected chi connectivity index (χ2v) is 8.37. The topological polar surface area (TPSA) is 77.4 Å². The molecule has 2 aromatic heterocycles. The van der Waals surface area contributed by atoms with Gasteiger partial charge in [-0.2, -0.15) is 0 Å². The summed E-state index contributed by atoms with van der Waals surface area (Å²) in [6.45, 7) is 5.48. The van der Waals surface area contributed by atoms with Crippen LogP contribution in [0.1, 0.15) is 24.2 Å². The second kappa shape index (κ2) is 8.84. The van der Waals surface area contributed by atoms with Gasteiger partial charge in [-0.3, -0.25) is 4.79 Å². The minimum atomic E-state index is -0.0584. The molecule has 0 aliphatic carbocycles. The maximum Gasteiger partial charge on any atom is 0.234 e. The second-order valence-electron chi connectivity index (χ2n) is 7.42. The van der Waals surface area contributed by atoms with Crippen molar-refractivity contribution in [2.75, 3.05) is 24.2 Å². The van der Waals surface area contributed by atoms with E-state index in [9.17, 15) is 4.79 Å². The van der Waals surface area contributed by atoms with Crippen molar-refractivity contribution in [3.63, 3.8) is 0 Å². The number of likely N-dealkylation sites (tertiary alicyclic amines) is 1. The Morgan fingerprint density at radius 2 is 1.97 bits per heavy atom. The van der Waals surface area contributed by atoms with Gasteiger partial charge in [-0.1, -0.05) is 23.9 Å². The van der Waals surface area contributed by atoms with E-state index in [2.05, 4.69) is 27.6 Å². The van der Waals surface area contributed by atoms with Crippen molar-refractivity contribution < 1.29 is 14.1 Å². The van der Waals surface area contributed by atoms with E-state index in [1.165, 1.54) is 43.3 Å². The first kappa shape index (κ1) is 19.7. The molecular weight excluding hydrogens is 386 g/mol. The van der Waals surface area contributed by atoms with E-state index < -0.39 is 0 Å². The molecule has 29 heavy (non-hydrogen) atoms. The molecule has 1 amide bonds. The van der Waals surface area contributed by atoms with Gasteiger partial charge >= 0.3 is 0 Å². The molecule has 1 aliphatic rings. The van der Waals surface area contributed by atoms with Crippen molar-refractivity contribution in [1.82, 2.24) is 14.8 Å². The molecule has 7 nitrogen and oxygen atoms in total. The highest BCUT2D eigenvalue weighted by molar-refractivity contribution is 7.99. The van der Waals surface area contributed by atoms with E-state index in [4.69, 9.17) is 4.42 Å². The molecule has 8 heteroatoms. The molecule has 0 radical (unpaired) electrons. The third-order valence-electron chi connectivity index (χ3n) is 5.27. The van der Waals surface area contributed by atoms with Crippen molar-refractivity contribution in [2.45, 2.75) is 31.5 Å². The fourth-order valence-corrected chi connectivity index (χ4v) is 4.38. The van der Waals surface area contributed by atoms with Crippen molar-refractivity contribution in [3.05, 3.63) is 47.9 Å². The van der Waals surface area contributed by atoms with Gasteiger partial charge in [0.15, 0.2) is 11.0 Å². The number of thioether (sulfide) groups is 1. The summed E-state index contributed by atoms with van der Waals surface area (Å²) in [5, 5.41) is 12.1. The highest BCUT2D eigenvalue weighted by Gasteiger charge is 2.17. The molecule has 152 valence electrons. The van der Waals surface area contributed by atoms with Gasteiger partial charge in [-0.15, -0.1) is 10.2 Å². The number of rotatable bonds is 7. The lowest BCUT2D eigenvalue weighted by Gasteiger charge is -2.12. The minimum Gasteiger partial charge on any atom is -0.469 e. The molecule has 1 aromatic carbocycles. The normalized spacial score (nSPS) is 14.4. The van der Waals surface area contributed by atoms with Gasteiger partial charge in [0.05, 0.1) is 30.7 Å². The number of nitrogens with one attached hydrogen (secondary N) is 2. The van der Waals surface area contributed by atoms with Crippen LogP contribution in [0.3, 0.4) is 0 Å². The number of quaternary nitrogens is 1. The maximum absolute atomic E-state index is 12.3. The molecule has 3 heterocycles. The van der Waals surface area contributed by atoms with Crippen LogP contribution in [0.2, 0.25) is 0 Å². The van der Waals surface area contributed by atoms with Gasteiger partial charge in [0.25, 0.3) is 0 Å². The summed E-state index contributed by atoms with van der Waals surface area (Å²) >= 11 is 1.37. The van der Waals surface area contributed by atoms with E-state index in [1.807, 2.05) is 36.7 Å². The smallest absolute Gasteiger partial charge is 0.234 e. The fraction of sp³-hybridized carbons (Fsp3) is 0.381. The highest BCUT2D eigenvalue weighted by Crippen LogP contribution is 2.25. The first-order valence-corrected chi connectivity index (χ1v) is 10.9. The number of furan rings is 1. The number of aryl methyl sites for hydroxylation is 1. The zero-order chi connectivity index (χ0) is 20.2. The summed E-state index contributed by atoms with van der Waals surface area (Å²) < 4.78 is 7.22. The monoisotopic (exact) mass is 412 g/mol. The van der Waals surface area contributed by atoms with Crippen LogP contribution in [0, 0.1) is 6.92 Å². The van der Waals surface area contributed by atoms with Gasteiger partial charge in [0.1, 0.15) is 12.3 Å². The summed E-state index contributed by atoms with van der Waals surface area (Å²) in [7, 11) is 1.89. The van der Waals surface area contributed by atoms with Crippen LogP contribution < -0.4 is 10.2 Å². The fourth-order valence-electron chi connectivity index (χ4n) is 3.67. The van der Waals surface area contributed by atoms with Gasteiger partial charge in [-0.05, 0) is 25.1 Å². The zero-order valence-corrected chi connectivity index (χ0v) is 17.6. The third kappa shape index (κ3) is 4.71. The highest BCUT2D eigenvalue weighted by atomic mass is 32.2. The van der Waals surface area contributed by atoms with Crippen LogP contribution in [0.4, 0.5) is 5.69 Å². The lowest BCUT2D eigenvalue weighted by Crippen LogP contribution is -3.08. The van der Waals surface area contributed by atoms with Crippen LogP contribution >= 0.6 is 11.8 Å². The molecule has 3 aromatic rings. The number of aromatic nitrogens is 3. The molecule has 4 rings (SSSR count). The standard InChI is InChI=1S/C21H25N5O2S/c1-15-18(9-12-28-15)20-23-24-21(25(20)2)29-14-19(27)22-17-7-5-16(6-8-17)13-26-10-3-4-11-26/h5-9,12H,3-4,10-11,13-14H2,1-2H3,(H,22,27)/p+1. The van der Waals surface area contributed by atoms with Crippen LogP contribution in [-0.2, 0) is 18.4 Å². The molecule has 0 bridgehead atoms. The SMILES string of the molecule is Cc1occc1-c1nnc(SCC(=O)Nc2ccc(C[NH+]3CCCC3)cc2)n1C. The first-order valence-electron chi connectivity index (χ1n) is 9.89. The molecule has 2 N–H and O–H groups in total. The number of hydrogen-bond donors (Lipinski definition) is 2. The Hall–Kier alpha value is -2.58. The molecule has 0 spiro atoms. The zero-order valence-electron chi connectivity index (χ0n) is 16.8. The number of nitrogens with zero attached hydrogens (tertiary/aromatic N) is 3. The summed E-state index contributed by atoms with van der Waals surface area (Å²) in [4.78, 5) is 14.0. The van der Waals surface area contributed by atoms with Gasteiger partial charge in [0, 0.05) is 31.1 Å². The summed E-state index contributed by atoms with van der Waals surface area (Å²) in [5.41, 5.74) is 3.05. The van der Waals surface area contributed by atoms with Gasteiger partial charge in [-0.25, -0.2) is 0 Å². The Labute approximate surface area is 174 Å². The average molecular weight is 413 g/mol. The van der Waals surface area contributed by atoms with Crippen LogP contribution in [0.15, 0.2) is 46.2 Å². The average Bonchev–Trinajstić information content (AvgIpc) is 3.44. The van der Waals surface area contributed by atoms with Crippen molar-refractivity contribution >= 4 is 23.4 Å². The van der Waals surface area contributed by atoms with Gasteiger partial charge in [0.2, 0.25) is 5.91 Å². The van der Waals surface area contributed by atoms with Crippen molar-refractivity contribution in [2.24, 2.45) is 7.05 Å². The van der Waals surface area contributed by atoms with E-state index in [0.29, 0.717) is 5.16 Å². The molecular formula is C21H26N5O2S+. The Morgan fingerprint density at radius 1 is 1.21 bits per heavy atom. The van der Waals surface area contributed by atoms with Crippen molar-refractivity contribution in [3.8, 4) is 11.4 Å². The lowest BCUT2D eigenvalue weighted by atomic mass is 10.2. The molecule has 1 aliphatic heterocycles. The number of anilines is 1. The third-order valence-corrected chi connectivity index (χ3v) is 6.29. The van der Waals surface area contributed by atoms with Crippen molar-refractivity contribution in [1.29, 1.82) is 0 Å². The summed E-state index contributed by atoms with van der Waals surface area (Å²) in [6, 6.07) is 10.0. The Balaban J connectivity index is 1.30. The van der Waals surface area contributed by atoms with E-state index in [-0.39, 0.29) is 11.7 Å². The van der Waals surface area contributed by atoms with E-state index in [1.54, 1.807) is 11.2 Å². The summed E-state index contributed by atoms with van der Waals surface area (Å²) in [6.07, 6.45) is 4.29. The summed E-state index contributed by atoms with van der Waals surface area (Å²) in [5.74, 6) is 1.74. The van der Waals surface area contributed by atoms with E-state index >= 15 is 0 Å². The number of amides is 1. The van der Waals surface area contributed by atoms with Gasteiger partial charge < -0.3 is 19.2 Å².